The largest absolute Gasteiger partial charge is 0.477 e. The third-order valence-corrected chi connectivity index (χ3v) is 9.72. The number of oxime groups is 2. The van der Waals surface area contributed by atoms with Gasteiger partial charge in [-0.05, 0) is 95.8 Å². The third kappa shape index (κ3) is 18.2. The van der Waals surface area contributed by atoms with E-state index in [1.807, 2.05) is 72.8 Å². The number of carbonyl (C=O) groups is 2. The summed E-state index contributed by atoms with van der Waals surface area (Å²) < 4.78 is 83.5. The maximum atomic E-state index is 14.7. The molecule has 6 rings (SSSR count). The fourth-order valence-corrected chi connectivity index (χ4v) is 6.20. The van der Waals surface area contributed by atoms with Crippen LogP contribution < -0.4 is 0 Å². The molecule has 0 fully saturated rings. The molecule has 0 unspecified atom stereocenters. The molecule has 8 nitrogen and oxygen atoms in total. The number of halogens is 6. The molecule has 0 aliphatic rings. The molecule has 0 saturated carbocycles. The molecule has 16 heteroatoms. The van der Waals surface area contributed by atoms with Crippen molar-refractivity contribution in [3.63, 3.8) is 0 Å². The average molecular weight is 1180 g/mol. The molecule has 68 heavy (non-hydrogen) atoms. The van der Waals surface area contributed by atoms with Crippen LogP contribution in [0.5, 0.6) is 0 Å². The first-order chi connectivity index (χ1) is 31.5. The van der Waals surface area contributed by atoms with E-state index in [-0.39, 0.29) is 74.6 Å². The van der Waals surface area contributed by atoms with Crippen LogP contribution in [0.4, 0.5) is 26.3 Å². The van der Waals surface area contributed by atoms with Gasteiger partial charge in [0.05, 0.1) is 0 Å². The Morgan fingerprint density at radius 2 is 0.809 bits per heavy atom. The molecule has 0 amide bonds. The van der Waals surface area contributed by atoms with Gasteiger partial charge in [0.25, 0.3) is 0 Å². The molecule has 356 valence electrons. The van der Waals surface area contributed by atoms with Crippen molar-refractivity contribution in [2.45, 2.75) is 66.7 Å². The van der Waals surface area contributed by atoms with Gasteiger partial charge in [0.15, 0.2) is 40.5 Å². The molecule has 0 aromatic heterocycles. The molecule has 0 bridgehead atoms. The van der Waals surface area contributed by atoms with E-state index in [0.717, 1.165) is 49.8 Å². The summed E-state index contributed by atoms with van der Waals surface area (Å²) in [6, 6.07) is 32.4. The Labute approximate surface area is 431 Å². The number of carboxylic acid groups (broad SMARTS) is 2. The first kappa shape index (κ1) is 60.5. The zero-order chi connectivity index (χ0) is 48.9. The summed E-state index contributed by atoms with van der Waals surface area (Å²) in [6.07, 6.45) is 5.00. The Hall–Kier alpha value is -5.47. The molecule has 0 aliphatic carbocycles. The maximum absolute atomic E-state index is 14.7. The number of rotatable bonds is 13. The van der Waals surface area contributed by atoms with Gasteiger partial charge >= 0.3 is 11.9 Å². The summed E-state index contributed by atoms with van der Waals surface area (Å²) in [5, 5.41) is 22.5. The van der Waals surface area contributed by atoms with Gasteiger partial charge < -0.3 is 19.9 Å². The number of hydrogen-bond acceptors (Lipinski definition) is 6. The van der Waals surface area contributed by atoms with E-state index in [1.165, 1.54) is 56.9 Å². The van der Waals surface area contributed by atoms with E-state index in [9.17, 15) is 35.9 Å². The standard InChI is InChI=1S/C23H22F2.C21H16F4.2C4H7NO3.Hf.Zr/c1-3-5-17-8-12-19(13-9-17)21-15-14-20(22(24)23(21)25)18-10-6-16(4-2)7-11-18;1-2-3-13-4-6-14(7-5-13)15-8-9-17(18(22)10-15)16-11-19(23)21(25)20(24)12-16;2*1-3(4(6)7)5-8-2;;/h6-15H,3-5H2,1-2H3;4-12H,2-3H2,1H3;2*1-2H3,(H,6,7);;. The fourth-order valence-electron chi connectivity index (χ4n) is 6.20. The Morgan fingerprint density at radius 1 is 0.471 bits per heavy atom. The first-order valence-electron chi connectivity index (χ1n) is 20.8. The topological polar surface area (TPSA) is 118 Å². The summed E-state index contributed by atoms with van der Waals surface area (Å²) in [5.41, 5.74) is 6.97. The Kier molecular flexibility index (Phi) is 27.4. The van der Waals surface area contributed by atoms with E-state index >= 15 is 0 Å². The Morgan fingerprint density at radius 3 is 1.13 bits per heavy atom. The van der Waals surface area contributed by atoms with Crippen LogP contribution in [-0.2, 0) is 90.6 Å². The zero-order valence-corrected chi connectivity index (χ0v) is 44.7. The molecular weight excluding hydrogens is 1130 g/mol. The van der Waals surface area contributed by atoms with Gasteiger partial charge in [0.1, 0.15) is 20.0 Å². The predicted octanol–water partition coefficient (Wildman–Crippen LogP) is 13.5. The van der Waals surface area contributed by atoms with Gasteiger partial charge in [-0.2, -0.15) is 0 Å². The van der Waals surface area contributed by atoms with Crippen molar-refractivity contribution < 1.29 is 108 Å². The summed E-state index contributed by atoms with van der Waals surface area (Å²) >= 11 is 0. The number of aliphatic carboxylic acids is 2. The van der Waals surface area contributed by atoms with E-state index in [1.54, 1.807) is 18.2 Å². The van der Waals surface area contributed by atoms with Crippen LogP contribution in [0, 0.1) is 34.9 Å². The van der Waals surface area contributed by atoms with Gasteiger partial charge in [-0.1, -0.05) is 141 Å². The molecule has 2 N–H and O–H groups in total. The van der Waals surface area contributed by atoms with Crippen LogP contribution in [0.3, 0.4) is 0 Å². The van der Waals surface area contributed by atoms with Gasteiger partial charge in [-0.3, -0.25) is 0 Å². The summed E-state index contributed by atoms with van der Waals surface area (Å²) in [6.45, 7) is 8.99. The van der Waals surface area contributed by atoms with E-state index in [2.05, 4.69) is 40.8 Å². The van der Waals surface area contributed by atoms with Crippen LogP contribution >= 0.6 is 0 Å². The second kappa shape index (κ2) is 30.8. The van der Waals surface area contributed by atoms with Crippen LogP contribution in [0.25, 0.3) is 44.5 Å². The quantitative estimate of drug-likeness (QED) is 0.0391. The molecule has 0 saturated heterocycles. The van der Waals surface area contributed by atoms with Crippen molar-refractivity contribution in [2.24, 2.45) is 10.3 Å². The second-order valence-electron chi connectivity index (χ2n) is 14.5. The summed E-state index contributed by atoms with van der Waals surface area (Å²) in [4.78, 5) is 28.1. The molecule has 0 heterocycles. The predicted molar refractivity (Wildman–Crippen MR) is 247 cm³/mol. The smallest absolute Gasteiger partial charge is 0.353 e. The molecule has 0 atom stereocenters. The molecule has 6 aromatic rings. The monoisotopic (exact) mass is 1180 g/mol. The minimum absolute atomic E-state index is 0. The van der Waals surface area contributed by atoms with Crippen LogP contribution in [-0.4, -0.2) is 47.8 Å². The van der Waals surface area contributed by atoms with E-state index in [0.29, 0.717) is 27.8 Å². The van der Waals surface area contributed by atoms with Crippen molar-refractivity contribution >= 4 is 23.4 Å². The minimum Gasteiger partial charge on any atom is -0.477 e. The Balaban J connectivity index is 0.000000506. The number of carboxylic acids is 2. The van der Waals surface area contributed by atoms with E-state index < -0.39 is 46.8 Å². The molecule has 0 spiro atoms. The van der Waals surface area contributed by atoms with Gasteiger partial charge in [-0.25, -0.2) is 35.9 Å². The van der Waals surface area contributed by atoms with E-state index in [4.69, 9.17) is 10.2 Å². The summed E-state index contributed by atoms with van der Waals surface area (Å²) in [7, 11) is 2.60. The molecular formula is C52H52F6HfN2O6Zr. The summed E-state index contributed by atoms with van der Waals surface area (Å²) in [5.74, 6) is -8.58. The maximum Gasteiger partial charge on any atom is 0.353 e. The SMILES string of the molecule is CCCc1ccc(-c2ccc(-c3cc(F)c(F)c(F)c3)c(F)c2)cc1.CCCc1ccc(-c2ccc(-c3ccc(CC)cc3)c(F)c2F)cc1.CON=C(C)C(=O)O.CON=C(C)C(=O)O.[Hf].[Zr]. The van der Waals surface area contributed by atoms with Gasteiger partial charge in [-0.15, -0.1) is 0 Å². The van der Waals surface area contributed by atoms with Crippen molar-refractivity contribution in [3.8, 4) is 44.5 Å². The molecule has 0 aliphatic heterocycles. The number of nitrogens with zero attached hydrogens (tertiary/aromatic N) is 2. The first-order valence-corrected chi connectivity index (χ1v) is 20.8. The number of hydrogen-bond donors (Lipinski definition) is 2. The molecule has 0 radical (unpaired) electrons. The van der Waals surface area contributed by atoms with Crippen molar-refractivity contribution in [3.05, 3.63) is 167 Å². The van der Waals surface area contributed by atoms with Gasteiger partial charge in [0.2, 0.25) is 0 Å². The number of benzene rings is 6. The zero-order valence-electron chi connectivity index (χ0n) is 38.7. The fraction of sp³-hybridized carbons (Fsp3) is 0.231. The Bertz CT molecular complexity index is 2560. The third-order valence-electron chi connectivity index (χ3n) is 9.72. The average Bonchev–Trinajstić information content (AvgIpc) is 3.30. The van der Waals surface area contributed by atoms with Crippen molar-refractivity contribution in [1.82, 2.24) is 0 Å². The van der Waals surface area contributed by atoms with Crippen molar-refractivity contribution in [2.75, 3.05) is 14.2 Å². The number of aryl methyl sites for hydroxylation is 3. The van der Waals surface area contributed by atoms with Crippen LogP contribution in [0.1, 0.15) is 64.2 Å². The van der Waals surface area contributed by atoms with Crippen LogP contribution in [0.2, 0.25) is 0 Å². The molecule has 6 aromatic carbocycles. The second-order valence-corrected chi connectivity index (χ2v) is 14.5. The normalized spacial score (nSPS) is 10.6. The minimum atomic E-state index is -1.56. The van der Waals surface area contributed by atoms with Crippen molar-refractivity contribution in [1.29, 1.82) is 0 Å². The van der Waals surface area contributed by atoms with Crippen LogP contribution in [0.15, 0.2) is 126 Å². The van der Waals surface area contributed by atoms with Gasteiger partial charge in [0, 0.05) is 68.7 Å².